The fourth-order valence-corrected chi connectivity index (χ4v) is 3.59. The van der Waals surface area contributed by atoms with E-state index in [1.807, 2.05) is 18.2 Å². The SMILES string of the molecule is COC(=O)C(C)CC(=O)c1cc2cc(CCCO)c(OC)cc2s1. The topological polar surface area (TPSA) is 72.8 Å². The van der Waals surface area contributed by atoms with Crippen LogP contribution in [0.4, 0.5) is 0 Å². The Kier molecular flexibility index (Phi) is 6.34. The van der Waals surface area contributed by atoms with Gasteiger partial charge in [0.25, 0.3) is 0 Å². The third kappa shape index (κ3) is 4.13. The summed E-state index contributed by atoms with van der Waals surface area (Å²) in [6, 6.07) is 5.78. The molecule has 130 valence electrons. The molecule has 0 aliphatic heterocycles. The summed E-state index contributed by atoms with van der Waals surface area (Å²) < 4.78 is 11.0. The lowest BCUT2D eigenvalue weighted by molar-refractivity contribution is -0.144. The molecule has 5 nitrogen and oxygen atoms in total. The van der Waals surface area contributed by atoms with Crippen LogP contribution in [-0.2, 0) is 16.0 Å². The lowest BCUT2D eigenvalue weighted by Gasteiger charge is -2.07. The predicted molar refractivity (Wildman–Crippen MR) is 93.9 cm³/mol. The minimum atomic E-state index is -0.456. The van der Waals surface area contributed by atoms with Crippen molar-refractivity contribution in [3.63, 3.8) is 0 Å². The van der Waals surface area contributed by atoms with Crippen LogP contribution in [0.15, 0.2) is 18.2 Å². The molecule has 24 heavy (non-hydrogen) atoms. The number of Topliss-reactive ketones (excluding diaryl/α,β-unsaturated/α-hetero) is 1. The molecule has 1 aromatic carbocycles. The molecule has 6 heteroatoms. The van der Waals surface area contributed by atoms with Gasteiger partial charge in [0.15, 0.2) is 5.78 Å². The van der Waals surface area contributed by atoms with E-state index in [1.165, 1.54) is 18.4 Å². The first-order chi connectivity index (χ1) is 11.5. The van der Waals surface area contributed by atoms with E-state index in [9.17, 15) is 9.59 Å². The minimum absolute atomic E-state index is 0.0648. The Balaban J connectivity index is 2.26. The maximum absolute atomic E-state index is 12.4. The Bertz CT molecular complexity index is 734. The molecule has 0 fully saturated rings. The Morgan fingerprint density at radius 2 is 2.00 bits per heavy atom. The lowest BCUT2D eigenvalue weighted by atomic mass is 10.0. The fraction of sp³-hybridized carbons (Fsp3) is 0.444. The van der Waals surface area contributed by atoms with E-state index >= 15 is 0 Å². The first-order valence-corrected chi connectivity index (χ1v) is 8.64. The number of methoxy groups -OCH3 is 2. The number of hydrogen-bond acceptors (Lipinski definition) is 6. The molecule has 0 spiro atoms. The number of ether oxygens (including phenoxy) is 2. The Hall–Kier alpha value is -1.92. The Morgan fingerprint density at radius 1 is 1.25 bits per heavy atom. The molecular formula is C18H22O5S. The van der Waals surface area contributed by atoms with Crippen molar-refractivity contribution >= 4 is 33.2 Å². The van der Waals surface area contributed by atoms with Gasteiger partial charge >= 0.3 is 5.97 Å². The summed E-state index contributed by atoms with van der Waals surface area (Å²) in [4.78, 5) is 24.5. The van der Waals surface area contributed by atoms with Crippen molar-refractivity contribution in [1.29, 1.82) is 0 Å². The van der Waals surface area contributed by atoms with Crippen LogP contribution in [0.5, 0.6) is 5.75 Å². The number of esters is 1. The maximum Gasteiger partial charge on any atom is 0.308 e. The zero-order valence-electron chi connectivity index (χ0n) is 14.1. The second-order valence-electron chi connectivity index (χ2n) is 5.69. The quantitative estimate of drug-likeness (QED) is 0.584. The van der Waals surface area contributed by atoms with Crippen LogP contribution in [0.2, 0.25) is 0 Å². The summed E-state index contributed by atoms with van der Waals surface area (Å²) >= 11 is 1.40. The van der Waals surface area contributed by atoms with Gasteiger partial charge in [0, 0.05) is 17.7 Å². The number of aryl methyl sites for hydroxylation is 1. The van der Waals surface area contributed by atoms with Crippen molar-refractivity contribution in [2.75, 3.05) is 20.8 Å². The molecule has 0 amide bonds. The van der Waals surface area contributed by atoms with Crippen molar-refractivity contribution in [1.82, 2.24) is 0 Å². The van der Waals surface area contributed by atoms with Crippen LogP contribution >= 0.6 is 11.3 Å². The molecule has 0 bridgehead atoms. The average molecular weight is 350 g/mol. The molecule has 1 N–H and O–H groups in total. The van der Waals surface area contributed by atoms with Gasteiger partial charge in [-0.2, -0.15) is 0 Å². The van der Waals surface area contributed by atoms with Crippen LogP contribution < -0.4 is 4.74 Å². The number of aliphatic hydroxyl groups excluding tert-OH is 1. The number of rotatable bonds is 8. The summed E-state index contributed by atoms with van der Waals surface area (Å²) in [5, 5.41) is 9.98. The van der Waals surface area contributed by atoms with Crippen molar-refractivity contribution in [2.45, 2.75) is 26.2 Å². The van der Waals surface area contributed by atoms with Crippen molar-refractivity contribution in [3.05, 3.63) is 28.6 Å². The molecule has 1 aromatic heterocycles. The van der Waals surface area contributed by atoms with E-state index in [-0.39, 0.29) is 24.8 Å². The van der Waals surface area contributed by atoms with Gasteiger partial charge in [-0.3, -0.25) is 9.59 Å². The Morgan fingerprint density at radius 3 is 2.62 bits per heavy atom. The molecule has 1 atom stereocenters. The average Bonchev–Trinajstić information content (AvgIpc) is 3.00. The number of fused-ring (bicyclic) bond motifs is 1. The second-order valence-corrected chi connectivity index (χ2v) is 6.77. The normalized spacial score (nSPS) is 12.2. The van der Waals surface area contributed by atoms with E-state index in [1.54, 1.807) is 14.0 Å². The molecule has 2 aromatic rings. The summed E-state index contributed by atoms with van der Waals surface area (Å²) in [6.07, 6.45) is 1.51. The fourth-order valence-electron chi connectivity index (χ4n) is 2.57. The first-order valence-electron chi connectivity index (χ1n) is 7.82. The largest absolute Gasteiger partial charge is 0.496 e. The zero-order valence-corrected chi connectivity index (χ0v) is 14.9. The number of thiophene rings is 1. The number of ketones is 1. The number of hydrogen-bond donors (Lipinski definition) is 1. The summed E-state index contributed by atoms with van der Waals surface area (Å²) in [7, 11) is 2.93. The van der Waals surface area contributed by atoms with E-state index in [2.05, 4.69) is 4.74 Å². The van der Waals surface area contributed by atoms with Gasteiger partial charge in [-0.15, -0.1) is 11.3 Å². The number of carbonyl (C=O) groups excluding carboxylic acids is 2. The van der Waals surface area contributed by atoms with Gasteiger partial charge in [0.1, 0.15) is 5.75 Å². The summed E-state index contributed by atoms with van der Waals surface area (Å²) in [6.45, 7) is 1.81. The molecule has 0 aliphatic carbocycles. The Labute approximate surface area is 145 Å². The van der Waals surface area contributed by atoms with Crippen LogP contribution in [0, 0.1) is 5.92 Å². The molecule has 1 heterocycles. The lowest BCUT2D eigenvalue weighted by Crippen LogP contribution is -2.16. The highest BCUT2D eigenvalue weighted by Crippen LogP contribution is 2.33. The van der Waals surface area contributed by atoms with Crippen LogP contribution in [0.1, 0.15) is 35.0 Å². The van der Waals surface area contributed by atoms with Gasteiger partial charge in [-0.25, -0.2) is 0 Å². The van der Waals surface area contributed by atoms with Crippen molar-refractivity contribution in [2.24, 2.45) is 5.92 Å². The number of benzene rings is 1. The van der Waals surface area contributed by atoms with Gasteiger partial charge in [0.05, 0.1) is 25.0 Å². The highest BCUT2D eigenvalue weighted by Gasteiger charge is 2.20. The van der Waals surface area contributed by atoms with Gasteiger partial charge in [-0.05, 0) is 42.0 Å². The van der Waals surface area contributed by atoms with Crippen LogP contribution in [-0.4, -0.2) is 37.7 Å². The van der Waals surface area contributed by atoms with Crippen LogP contribution in [0.25, 0.3) is 10.1 Å². The highest BCUT2D eigenvalue weighted by molar-refractivity contribution is 7.20. The monoisotopic (exact) mass is 350 g/mol. The molecule has 2 rings (SSSR count). The number of carbonyl (C=O) groups is 2. The third-order valence-corrected chi connectivity index (χ3v) is 5.03. The maximum atomic E-state index is 12.4. The van der Waals surface area contributed by atoms with Gasteiger partial charge in [-0.1, -0.05) is 6.92 Å². The van der Waals surface area contributed by atoms with Gasteiger partial charge in [0.2, 0.25) is 0 Å². The highest BCUT2D eigenvalue weighted by atomic mass is 32.1. The van der Waals surface area contributed by atoms with E-state index in [4.69, 9.17) is 9.84 Å². The minimum Gasteiger partial charge on any atom is -0.496 e. The van der Waals surface area contributed by atoms with E-state index in [0.717, 1.165) is 21.4 Å². The molecule has 0 saturated carbocycles. The number of aliphatic hydroxyl groups is 1. The smallest absolute Gasteiger partial charge is 0.308 e. The second kappa shape index (κ2) is 8.26. The molecule has 0 saturated heterocycles. The summed E-state index contributed by atoms with van der Waals surface area (Å²) in [5.41, 5.74) is 1.01. The summed E-state index contributed by atoms with van der Waals surface area (Å²) in [5.74, 6) is -0.135. The van der Waals surface area contributed by atoms with E-state index < -0.39 is 5.92 Å². The van der Waals surface area contributed by atoms with Crippen molar-refractivity contribution < 1.29 is 24.2 Å². The first kappa shape index (κ1) is 18.4. The standard InChI is InChI=1S/C18H22O5S/c1-11(18(21)23-3)7-14(20)17-9-13-8-12(5-4-6-19)15(22-2)10-16(13)24-17/h8-11,19H,4-7H2,1-3H3. The molecule has 0 radical (unpaired) electrons. The van der Waals surface area contributed by atoms with Crippen molar-refractivity contribution in [3.8, 4) is 5.75 Å². The zero-order chi connectivity index (χ0) is 17.7. The van der Waals surface area contributed by atoms with Crippen LogP contribution in [0.3, 0.4) is 0 Å². The molecular weight excluding hydrogens is 328 g/mol. The molecule has 0 aliphatic rings. The van der Waals surface area contributed by atoms with E-state index in [0.29, 0.717) is 17.7 Å². The predicted octanol–water partition coefficient (Wildman–Crippen LogP) is 3.22. The van der Waals surface area contributed by atoms with Gasteiger partial charge < -0.3 is 14.6 Å². The molecule has 1 unspecified atom stereocenters. The third-order valence-electron chi connectivity index (χ3n) is 3.89.